The largest absolute Gasteiger partial charge is 0.486 e. The highest BCUT2D eigenvalue weighted by atomic mass is 35.5. The lowest BCUT2D eigenvalue weighted by Crippen LogP contribution is -2.27. The van der Waals surface area contributed by atoms with E-state index < -0.39 is 11.9 Å². The quantitative estimate of drug-likeness (QED) is 0.868. The maximum absolute atomic E-state index is 14.0. The lowest BCUT2D eigenvalue weighted by molar-refractivity contribution is 0.0941. The lowest BCUT2D eigenvalue weighted by atomic mass is 10.00. The molecule has 1 aliphatic rings. The highest BCUT2D eigenvalue weighted by Gasteiger charge is 2.28. The average molecular weight is 370 g/mol. The van der Waals surface area contributed by atoms with E-state index in [0.717, 1.165) is 0 Å². The number of carbonyl (C=O) groups excluding carboxylic acids is 1. The molecule has 7 heteroatoms. The number of rotatable bonds is 3. The summed E-state index contributed by atoms with van der Waals surface area (Å²) in [4.78, 5) is 11.2. The van der Waals surface area contributed by atoms with E-state index in [-0.39, 0.29) is 12.7 Å². The van der Waals surface area contributed by atoms with Crippen molar-refractivity contribution in [3.05, 3.63) is 51.8 Å². The Kier molecular flexibility index (Phi) is 4.83. The first kappa shape index (κ1) is 16.9. The molecule has 0 saturated carbocycles. The molecule has 1 unspecified atom stereocenters. The van der Waals surface area contributed by atoms with Crippen molar-refractivity contribution in [2.24, 2.45) is 0 Å². The van der Waals surface area contributed by atoms with Gasteiger partial charge in [-0.15, -0.1) is 0 Å². The molecule has 4 nitrogen and oxygen atoms in total. The molecule has 1 aliphatic heterocycles. The molecule has 3 rings (SSSR count). The molecule has 0 spiro atoms. The number of amides is 1. The molecule has 0 aliphatic carbocycles. The Morgan fingerprint density at radius 3 is 2.88 bits per heavy atom. The van der Waals surface area contributed by atoms with Gasteiger partial charge in [0, 0.05) is 40.2 Å². The second-order valence-corrected chi connectivity index (χ2v) is 6.20. The molecule has 1 amide bonds. The lowest BCUT2D eigenvalue weighted by Gasteiger charge is -2.14. The summed E-state index contributed by atoms with van der Waals surface area (Å²) < 4.78 is 24.9. The van der Waals surface area contributed by atoms with Crippen LogP contribution >= 0.6 is 23.2 Å². The highest BCUT2D eigenvalue weighted by molar-refractivity contribution is 6.35. The Morgan fingerprint density at radius 2 is 2.12 bits per heavy atom. The summed E-state index contributed by atoms with van der Waals surface area (Å²) in [6.07, 6.45) is -0.482. The van der Waals surface area contributed by atoms with Crippen molar-refractivity contribution in [3.8, 4) is 16.9 Å². The summed E-state index contributed by atoms with van der Waals surface area (Å²) >= 11 is 12.3. The Labute approximate surface area is 148 Å². The van der Waals surface area contributed by atoms with E-state index >= 15 is 0 Å². The molecule has 2 aromatic rings. The highest BCUT2D eigenvalue weighted by Crippen LogP contribution is 2.42. The zero-order valence-electron chi connectivity index (χ0n) is 12.7. The summed E-state index contributed by atoms with van der Waals surface area (Å²) in [6.45, 7) is 0.0681. The number of nitrogens with one attached hydrogen (secondary N) is 1. The number of fused-ring (bicyclic) bond motifs is 1. The second-order valence-electron chi connectivity index (χ2n) is 5.36. The number of benzene rings is 2. The smallest absolute Gasteiger partial charge is 0.406 e. The minimum absolute atomic E-state index is 0.0681. The zero-order valence-corrected chi connectivity index (χ0v) is 14.2. The van der Waals surface area contributed by atoms with Crippen molar-refractivity contribution in [2.45, 2.75) is 12.5 Å². The van der Waals surface area contributed by atoms with Gasteiger partial charge in [-0.1, -0.05) is 23.2 Å². The van der Waals surface area contributed by atoms with Crippen LogP contribution in [-0.2, 0) is 11.2 Å². The molecule has 0 saturated heterocycles. The van der Waals surface area contributed by atoms with Gasteiger partial charge in [-0.3, -0.25) is 0 Å². The van der Waals surface area contributed by atoms with Crippen LogP contribution in [0, 0.1) is 5.82 Å². The van der Waals surface area contributed by atoms with Crippen LogP contribution in [0.25, 0.3) is 11.1 Å². The molecule has 1 heterocycles. The fourth-order valence-electron chi connectivity index (χ4n) is 2.63. The molecule has 2 aromatic carbocycles. The summed E-state index contributed by atoms with van der Waals surface area (Å²) in [7, 11) is 1.47. The third-order valence-corrected chi connectivity index (χ3v) is 4.25. The first-order valence-corrected chi connectivity index (χ1v) is 8.02. The summed E-state index contributed by atoms with van der Waals surface area (Å²) in [5.74, 6) is 0.141. The molecule has 1 atom stereocenters. The van der Waals surface area contributed by atoms with Gasteiger partial charge in [0.2, 0.25) is 0 Å². The van der Waals surface area contributed by atoms with Gasteiger partial charge in [0.05, 0.1) is 0 Å². The van der Waals surface area contributed by atoms with Crippen LogP contribution < -0.4 is 10.1 Å². The van der Waals surface area contributed by atoms with Gasteiger partial charge in [-0.25, -0.2) is 9.18 Å². The monoisotopic (exact) mass is 369 g/mol. The van der Waals surface area contributed by atoms with Gasteiger partial charge in [0.25, 0.3) is 0 Å². The number of carbonyl (C=O) groups is 1. The van der Waals surface area contributed by atoms with Crippen LogP contribution in [0.15, 0.2) is 30.3 Å². The van der Waals surface area contributed by atoms with Gasteiger partial charge in [0.15, 0.2) is 0 Å². The average Bonchev–Trinajstić information content (AvgIpc) is 2.96. The predicted octanol–water partition coefficient (Wildman–Crippen LogP) is 4.46. The summed E-state index contributed by atoms with van der Waals surface area (Å²) in [5.41, 5.74) is 1.82. The van der Waals surface area contributed by atoms with Gasteiger partial charge >= 0.3 is 6.09 Å². The van der Waals surface area contributed by atoms with Crippen molar-refractivity contribution in [1.29, 1.82) is 0 Å². The molecular weight excluding hydrogens is 356 g/mol. The van der Waals surface area contributed by atoms with Crippen LogP contribution in [-0.4, -0.2) is 25.9 Å². The summed E-state index contributed by atoms with van der Waals surface area (Å²) in [5, 5.41) is 3.30. The van der Waals surface area contributed by atoms with Crippen molar-refractivity contribution < 1.29 is 18.7 Å². The Balaban J connectivity index is 1.93. The van der Waals surface area contributed by atoms with Crippen LogP contribution in [0.1, 0.15) is 5.56 Å². The molecule has 0 radical (unpaired) electrons. The van der Waals surface area contributed by atoms with Crippen LogP contribution in [0.3, 0.4) is 0 Å². The fourth-order valence-corrected chi connectivity index (χ4v) is 3.02. The number of hydrogen-bond donors (Lipinski definition) is 1. The van der Waals surface area contributed by atoms with Crippen LogP contribution in [0.4, 0.5) is 9.18 Å². The number of halogens is 3. The first-order chi connectivity index (χ1) is 11.5. The van der Waals surface area contributed by atoms with Crippen molar-refractivity contribution >= 4 is 29.3 Å². The fraction of sp³-hybridized carbons (Fsp3) is 0.235. The van der Waals surface area contributed by atoms with Crippen LogP contribution in [0.2, 0.25) is 10.0 Å². The molecule has 126 valence electrons. The van der Waals surface area contributed by atoms with Crippen LogP contribution in [0.5, 0.6) is 5.75 Å². The molecule has 0 bridgehead atoms. The van der Waals surface area contributed by atoms with E-state index in [1.807, 2.05) is 0 Å². The topological polar surface area (TPSA) is 47.6 Å². The maximum Gasteiger partial charge on any atom is 0.406 e. The van der Waals surface area contributed by atoms with Gasteiger partial charge in [-0.2, -0.15) is 0 Å². The van der Waals surface area contributed by atoms with Crippen molar-refractivity contribution in [1.82, 2.24) is 5.32 Å². The minimum Gasteiger partial charge on any atom is -0.486 e. The third kappa shape index (κ3) is 3.42. The number of hydrogen-bond acceptors (Lipinski definition) is 3. The molecular formula is C17H14Cl2FNO3. The van der Waals surface area contributed by atoms with E-state index in [9.17, 15) is 9.18 Å². The van der Waals surface area contributed by atoms with Gasteiger partial charge in [0.1, 0.15) is 24.3 Å². The minimum atomic E-state index is -0.543. The van der Waals surface area contributed by atoms with Gasteiger partial charge in [-0.05, 0) is 30.3 Å². The van der Waals surface area contributed by atoms with E-state index in [2.05, 4.69) is 5.32 Å². The zero-order chi connectivity index (χ0) is 17.3. The number of alkyl carbamates (subject to hydrolysis) is 1. The van der Waals surface area contributed by atoms with E-state index in [0.29, 0.717) is 38.9 Å². The van der Waals surface area contributed by atoms with Crippen molar-refractivity contribution in [3.63, 3.8) is 0 Å². The van der Waals surface area contributed by atoms with E-state index in [4.69, 9.17) is 32.7 Å². The molecule has 1 N–H and O–H groups in total. The normalized spacial score (nSPS) is 15.6. The predicted molar refractivity (Wildman–Crippen MR) is 90.4 cm³/mol. The van der Waals surface area contributed by atoms with Crippen molar-refractivity contribution in [2.75, 3.05) is 13.7 Å². The SMILES string of the molecule is CNC(=O)OCC1Cc2cc(F)cc(-c3cc(Cl)ccc3Cl)c2O1. The number of ether oxygens (including phenoxy) is 2. The maximum atomic E-state index is 14.0. The standard InChI is InChI=1S/C17H14Cl2FNO3/c1-21-17(22)23-8-12-5-9-4-11(20)7-14(16(9)24-12)13-6-10(18)2-3-15(13)19/h2-4,6-7,12H,5,8H2,1H3,(H,21,22). The molecule has 24 heavy (non-hydrogen) atoms. The molecule has 0 fully saturated rings. The third-order valence-electron chi connectivity index (χ3n) is 3.69. The molecule has 0 aromatic heterocycles. The van der Waals surface area contributed by atoms with E-state index in [1.165, 1.54) is 19.2 Å². The van der Waals surface area contributed by atoms with Gasteiger partial charge < -0.3 is 14.8 Å². The Bertz CT molecular complexity index is 798. The summed E-state index contributed by atoms with van der Waals surface area (Å²) in [6, 6.07) is 7.75. The Morgan fingerprint density at radius 1 is 1.33 bits per heavy atom. The second kappa shape index (κ2) is 6.87. The van der Waals surface area contributed by atoms with E-state index in [1.54, 1.807) is 18.2 Å². The Hall–Kier alpha value is -1.98. The first-order valence-electron chi connectivity index (χ1n) is 7.27.